The van der Waals surface area contributed by atoms with E-state index in [1.165, 1.54) is 12.8 Å². The van der Waals surface area contributed by atoms with Crippen molar-refractivity contribution in [1.82, 2.24) is 14.8 Å². The van der Waals surface area contributed by atoms with Crippen molar-refractivity contribution in [1.29, 1.82) is 0 Å². The minimum absolute atomic E-state index is 0.533. The van der Waals surface area contributed by atoms with Gasteiger partial charge in [-0.1, -0.05) is 11.6 Å². The summed E-state index contributed by atoms with van der Waals surface area (Å²) in [6.07, 6.45) is 2.37. The van der Waals surface area contributed by atoms with E-state index < -0.39 is 0 Å². The van der Waals surface area contributed by atoms with E-state index >= 15 is 0 Å². The molecule has 1 saturated carbocycles. The standard InChI is InChI=1S/C11H9BrClN3S/c12-8-4-3-7(5-9(8)13)16-10(6-1-2-6)14-15-11(16)17/h3-6H,1-2H2,(H,15,17). The van der Waals surface area contributed by atoms with Crippen LogP contribution in [-0.2, 0) is 0 Å². The van der Waals surface area contributed by atoms with Crippen LogP contribution in [0.1, 0.15) is 24.6 Å². The van der Waals surface area contributed by atoms with Crippen molar-refractivity contribution in [2.45, 2.75) is 18.8 Å². The van der Waals surface area contributed by atoms with E-state index in [1.54, 1.807) is 0 Å². The maximum Gasteiger partial charge on any atom is 0.199 e. The molecule has 1 aliphatic rings. The molecular weight excluding hydrogens is 322 g/mol. The highest BCUT2D eigenvalue weighted by Gasteiger charge is 2.29. The number of hydrogen-bond donors (Lipinski definition) is 1. The monoisotopic (exact) mass is 329 g/mol. The number of hydrogen-bond acceptors (Lipinski definition) is 2. The number of aromatic amines is 1. The van der Waals surface area contributed by atoms with Gasteiger partial charge in [0, 0.05) is 10.4 Å². The summed E-state index contributed by atoms with van der Waals surface area (Å²) in [5.41, 5.74) is 0.957. The van der Waals surface area contributed by atoms with Crippen molar-refractivity contribution >= 4 is 39.7 Å². The molecule has 0 amide bonds. The Hall–Kier alpha value is -0.650. The Morgan fingerprint density at radius 1 is 1.47 bits per heavy atom. The van der Waals surface area contributed by atoms with Crippen LogP contribution in [0.4, 0.5) is 0 Å². The van der Waals surface area contributed by atoms with Gasteiger partial charge in [0.15, 0.2) is 4.77 Å². The van der Waals surface area contributed by atoms with Gasteiger partial charge in [-0.05, 0) is 59.2 Å². The molecular formula is C11H9BrClN3S. The van der Waals surface area contributed by atoms with E-state index in [-0.39, 0.29) is 0 Å². The smallest absolute Gasteiger partial charge is 0.199 e. The van der Waals surface area contributed by atoms with Crippen LogP contribution in [0.2, 0.25) is 5.02 Å². The van der Waals surface area contributed by atoms with Gasteiger partial charge in [-0.25, -0.2) is 0 Å². The largest absolute Gasteiger partial charge is 0.272 e. The van der Waals surface area contributed by atoms with E-state index in [0.29, 0.717) is 15.7 Å². The molecule has 3 nitrogen and oxygen atoms in total. The SMILES string of the molecule is S=c1[nH]nc(C2CC2)n1-c1ccc(Br)c(Cl)c1. The summed E-state index contributed by atoms with van der Waals surface area (Å²) in [6, 6.07) is 5.79. The van der Waals surface area contributed by atoms with Crippen molar-refractivity contribution in [3.63, 3.8) is 0 Å². The maximum atomic E-state index is 6.11. The molecule has 3 rings (SSSR count). The molecule has 0 aliphatic heterocycles. The maximum absolute atomic E-state index is 6.11. The first-order valence-corrected chi connectivity index (χ1v) is 6.87. The van der Waals surface area contributed by atoms with Crippen molar-refractivity contribution < 1.29 is 0 Å². The Bertz CT molecular complexity index is 630. The zero-order chi connectivity index (χ0) is 12.0. The number of rotatable bonds is 2. The summed E-state index contributed by atoms with van der Waals surface area (Å²) < 4.78 is 3.46. The lowest BCUT2D eigenvalue weighted by Crippen LogP contribution is -2.00. The van der Waals surface area contributed by atoms with Crippen LogP contribution >= 0.6 is 39.7 Å². The zero-order valence-electron chi connectivity index (χ0n) is 8.78. The van der Waals surface area contributed by atoms with E-state index in [9.17, 15) is 0 Å². The fourth-order valence-electron chi connectivity index (χ4n) is 1.80. The lowest BCUT2D eigenvalue weighted by atomic mass is 10.3. The summed E-state index contributed by atoms with van der Waals surface area (Å²) in [4.78, 5) is 0. The lowest BCUT2D eigenvalue weighted by Gasteiger charge is -2.07. The van der Waals surface area contributed by atoms with Gasteiger partial charge in [-0.15, -0.1) is 0 Å². The first-order chi connectivity index (χ1) is 8.16. The van der Waals surface area contributed by atoms with Crippen molar-refractivity contribution in [2.75, 3.05) is 0 Å². The molecule has 1 fully saturated rings. The van der Waals surface area contributed by atoms with Crippen molar-refractivity contribution in [3.05, 3.63) is 38.3 Å². The third-order valence-corrected chi connectivity index (χ3v) is 4.31. The van der Waals surface area contributed by atoms with Gasteiger partial charge in [0.25, 0.3) is 0 Å². The van der Waals surface area contributed by atoms with E-state index in [4.69, 9.17) is 23.8 Å². The highest BCUT2D eigenvalue weighted by molar-refractivity contribution is 9.10. The molecule has 0 saturated heterocycles. The molecule has 0 unspecified atom stereocenters. The number of aromatic nitrogens is 3. The van der Waals surface area contributed by atoms with E-state index in [2.05, 4.69) is 26.1 Å². The minimum atomic E-state index is 0.533. The summed E-state index contributed by atoms with van der Waals surface area (Å²) in [5, 5.41) is 7.82. The van der Waals surface area contributed by atoms with Crippen molar-refractivity contribution in [3.8, 4) is 5.69 Å². The molecule has 1 N–H and O–H groups in total. The summed E-state index contributed by atoms with van der Waals surface area (Å²) in [7, 11) is 0. The second-order valence-corrected chi connectivity index (χ2v) is 5.74. The molecule has 1 aromatic carbocycles. The van der Waals surface area contributed by atoms with Gasteiger partial charge >= 0.3 is 0 Å². The molecule has 0 spiro atoms. The molecule has 88 valence electrons. The van der Waals surface area contributed by atoms with Gasteiger partial charge in [-0.3, -0.25) is 9.67 Å². The number of nitrogens with zero attached hydrogens (tertiary/aromatic N) is 2. The molecule has 0 bridgehead atoms. The first-order valence-electron chi connectivity index (χ1n) is 5.29. The van der Waals surface area contributed by atoms with E-state index in [1.807, 2.05) is 22.8 Å². The normalized spacial score (nSPS) is 15.2. The Kier molecular flexibility index (Phi) is 2.84. The molecule has 6 heteroatoms. The second kappa shape index (κ2) is 4.23. The van der Waals surface area contributed by atoms with Crippen LogP contribution in [0.15, 0.2) is 22.7 Å². The Balaban J connectivity index is 2.17. The fraction of sp³-hybridized carbons (Fsp3) is 0.273. The molecule has 1 heterocycles. The molecule has 0 radical (unpaired) electrons. The van der Waals surface area contributed by atoms with Crippen LogP contribution < -0.4 is 0 Å². The Labute approximate surface area is 117 Å². The Morgan fingerprint density at radius 2 is 2.24 bits per heavy atom. The fourth-order valence-corrected chi connectivity index (χ4v) is 2.46. The molecule has 1 aliphatic carbocycles. The number of halogens is 2. The molecule has 0 atom stereocenters. The van der Waals surface area contributed by atoms with Crippen LogP contribution in [0.25, 0.3) is 5.69 Å². The van der Waals surface area contributed by atoms with Gasteiger partial charge in [-0.2, -0.15) is 5.10 Å². The summed E-state index contributed by atoms with van der Waals surface area (Å²) >= 11 is 14.8. The van der Waals surface area contributed by atoms with Crippen LogP contribution in [0.3, 0.4) is 0 Å². The highest BCUT2D eigenvalue weighted by Crippen LogP contribution is 2.40. The topological polar surface area (TPSA) is 33.6 Å². The molecule has 17 heavy (non-hydrogen) atoms. The predicted molar refractivity (Wildman–Crippen MR) is 73.4 cm³/mol. The van der Waals surface area contributed by atoms with Gasteiger partial charge in [0.05, 0.1) is 10.7 Å². The second-order valence-electron chi connectivity index (χ2n) is 4.10. The third kappa shape index (κ3) is 2.07. The summed E-state index contributed by atoms with van der Waals surface area (Å²) in [6.45, 7) is 0. The van der Waals surface area contributed by atoms with Crippen LogP contribution in [0, 0.1) is 4.77 Å². The van der Waals surface area contributed by atoms with Gasteiger partial charge in [0.1, 0.15) is 5.82 Å². The number of nitrogens with one attached hydrogen (secondary N) is 1. The summed E-state index contributed by atoms with van der Waals surface area (Å²) in [5.74, 6) is 1.54. The highest BCUT2D eigenvalue weighted by atomic mass is 79.9. The average molecular weight is 331 g/mol. The Morgan fingerprint density at radius 3 is 2.88 bits per heavy atom. The molecule has 1 aromatic heterocycles. The minimum Gasteiger partial charge on any atom is -0.272 e. The lowest BCUT2D eigenvalue weighted by molar-refractivity contribution is 0.869. The van der Waals surface area contributed by atoms with Crippen LogP contribution in [0.5, 0.6) is 0 Å². The van der Waals surface area contributed by atoms with Gasteiger partial charge in [0.2, 0.25) is 0 Å². The van der Waals surface area contributed by atoms with E-state index in [0.717, 1.165) is 16.0 Å². The quantitative estimate of drug-likeness (QED) is 0.836. The number of H-pyrrole nitrogens is 1. The zero-order valence-corrected chi connectivity index (χ0v) is 11.9. The first kappa shape index (κ1) is 11.4. The average Bonchev–Trinajstić information content (AvgIpc) is 3.07. The van der Waals surface area contributed by atoms with Gasteiger partial charge < -0.3 is 0 Å². The number of benzene rings is 1. The third-order valence-electron chi connectivity index (χ3n) is 2.80. The van der Waals surface area contributed by atoms with Crippen molar-refractivity contribution in [2.24, 2.45) is 0 Å². The predicted octanol–water partition coefficient (Wildman–Crippen LogP) is 4.22. The van der Waals surface area contributed by atoms with Crippen LogP contribution in [-0.4, -0.2) is 14.8 Å². The molecule has 2 aromatic rings.